The molecule has 0 aromatic carbocycles. The van der Waals surface area contributed by atoms with E-state index < -0.39 is 0 Å². The molecule has 0 bridgehead atoms. The Bertz CT molecular complexity index is 517. The first-order valence-electron chi connectivity index (χ1n) is 6.23. The lowest BCUT2D eigenvalue weighted by atomic mass is 9.83. The number of nitrogens with one attached hydrogen (secondary N) is 1. The Morgan fingerprint density at radius 2 is 2.17 bits per heavy atom. The second kappa shape index (κ2) is 4.49. The van der Waals surface area contributed by atoms with Crippen molar-refractivity contribution in [3.8, 4) is 11.4 Å². The SMILES string of the molecule is CC1(c2nc(-c3ccncc3)no2)CCCNC1. The third-order valence-corrected chi connectivity index (χ3v) is 3.48. The second-order valence-corrected chi connectivity index (χ2v) is 5.00. The number of nitrogens with zero attached hydrogens (tertiary/aromatic N) is 3. The van der Waals surface area contributed by atoms with Crippen LogP contribution in [0, 0.1) is 0 Å². The Balaban J connectivity index is 1.89. The highest BCUT2D eigenvalue weighted by molar-refractivity contribution is 5.52. The molecule has 1 aliphatic heterocycles. The molecule has 2 aromatic rings. The van der Waals surface area contributed by atoms with Crippen molar-refractivity contribution in [3.63, 3.8) is 0 Å². The van der Waals surface area contributed by atoms with Gasteiger partial charge in [-0.2, -0.15) is 4.98 Å². The third-order valence-electron chi connectivity index (χ3n) is 3.48. The van der Waals surface area contributed by atoms with E-state index in [0.717, 1.165) is 37.4 Å². The van der Waals surface area contributed by atoms with E-state index in [0.29, 0.717) is 5.82 Å². The molecule has 3 heterocycles. The van der Waals surface area contributed by atoms with Crippen LogP contribution in [-0.4, -0.2) is 28.2 Å². The van der Waals surface area contributed by atoms with Crippen molar-refractivity contribution in [2.24, 2.45) is 0 Å². The van der Waals surface area contributed by atoms with Gasteiger partial charge in [0.1, 0.15) is 0 Å². The first kappa shape index (κ1) is 11.3. The van der Waals surface area contributed by atoms with Crippen LogP contribution in [0.1, 0.15) is 25.7 Å². The number of hydrogen-bond donors (Lipinski definition) is 1. The predicted molar refractivity (Wildman–Crippen MR) is 67.0 cm³/mol. The largest absolute Gasteiger partial charge is 0.338 e. The van der Waals surface area contributed by atoms with Crippen LogP contribution < -0.4 is 5.32 Å². The summed E-state index contributed by atoms with van der Waals surface area (Å²) in [7, 11) is 0. The summed E-state index contributed by atoms with van der Waals surface area (Å²) in [5, 5.41) is 7.45. The van der Waals surface area contributed by atoms with Crippen molar-refractivity contribution in [1.82, 2.24) is 20.4 Å². The number of hydrogen-bond acceptors (Lipinski definition) is 5. The third kappa shape index (κ3) is 2.01. The molecule has 1 unspecified atom stereocenters. The molecule has 1 N–H and O–H groups in total. The number of aromatic nitrogens is 3. The molecule has 1 atom stereocenters. The molecule has 1 aliphatic rings. The Kier molecular flexibility index (Phi) is 2.83. The molecule has 18 heavy (non-hydrogen) atoms. The Labute approximate surface area is 106 Å². The monoisotopic (exact) mass is 244 g/mol. The molecule has 1 saturated heterocycles. The smallest absolute Gasteiger partial charge is 0.234 e. The fourth-order valence-corrected chi connectivity index (χ4v) is 2.33. The zero-order chi connectivity index (χ0) is 12.4. The van der Waals surface area contributed by atoms with Gasteiger partial charge in [-0.15, -0.1) is 0 Å². The maximum Gasteiger partial charge on any atom is 0.234 e. The van der Waals surface area contributed by atoms with Crippen LogP contribution in [0.25, 0.3) is 11.4 Å². The van der Waals surface area contributed by atoms with Crippen molar-refractivity contribution in [2.75, 3.05) is 13.1 Å². The van der Waals surface area contributed by atoms with Crippen molar-refractivity contribution >= 4 is 0 Å². The summed E-state index contributed by atoms with van der Waals surface area (Å²) < 4.78 is 5.44. The summed E-state index contributed by atoms with van der Waals surface area (Å²) in [6, 6.07) is 3.77. The predicted octanol–water partition coefficient (Wildman–Crippen LogP) is 1.77. The minimum absolute atomic E-state index is 0.0451. The topological polar surface area (TPSA) is 63.8 Å². The molecular formula is C13H16N4O. The van der Waals surface area contributed by atoms with Gasteiger partial charge in [0.15, 0.2) is 0 Å². The lowest BCUT2D eigenvalue weighted by Crippen LogP contribution is -2.41. The zero-order valence-electron chi connectivity index (χ0n) is 10.4. The van der Waals surface area contributed by atoms with Gasteiger partial charge in [0.05, 0.1) is 5.41 Å². The maximum atomic E-state index is 5.44. The average Bonchev–Trinajstić information content (AvgIpc) is 2.91. The van der Waals surface area contributed by atoms with Crippen molar-refractivity contribution in [3.05, 3.63) is 30.4 Å². The average molecular weight is 244 g/mol. The lowest BCUT2D eigenvalue weighted by Gasteiger charge is -2.30. The highest BCUT2D eigenvalue weighted by atomic mass is 16.5. The second-order valence-electron chi connectivity index (χ2n) is 5.00. The van der Waals surface area contributed by atoms with E-state index in [1.165, 1.54) is 0 Å². The van der Waals surface area contributed by atoms with E-state index in [9.17, 15) is 0 Å². The van der Waals surface area contributed by atoms with E-state index in [1.807, 2.05) is 12.1 Å². The lowest BCUT2D eigenvalue weighted by molar-refractivity contribution is 0.245. The highest BCUT2D eigenvalue weighted by Gasteiger charge is 2.34. The van der Waals surface area contributed by atoms with Crippen LogP contribution in [0.15, 0.2) is 29.0 Å². The van der Waals surface area contributed by atoms with Gasteiger partial charge >= 0.3 is 0 Å². The molecule has 0 aliphatic carbocycles. The number of rotatable bonds is 2. The molecule has 5 nitrogen and oxygen atoms in total. The summed E-state index contributed by atoms with van der Waals surface area (Å²) in [6.45, 7) is 4.13. The number of pyridine rings is 1. The minimum atomic E-state index is -0.0451. The van der Waals surface area contributed by atoms with Crippen molar-refractivity contribution in [1.29, 1.82) is 0 Å². The summed E-state index contributed by atoms with van der Waals surface area (Å²) >= 11 is 0. The van der Waals surface area contributed by atoms with Crippen LogP contribution in [0.5, 0.6) is 0 Å². The van der Waals surface area contributed by atoms with Crippen molar-refractivity contribution < 1.29 is 4.52 Å². The molecule has 0 saturated carbocycles. The quantitative estimate of drug-likeness (QED) is 0.872. The zero-order valence-corrected chi connectivity index (χ0v) is 10.4. The van der Waals surface area contributed by atoms with Crippen LogP contribution in [0.3, 0.4) is 0 Å². The standard InChI is InChI=1S/C13H16N4O/c1-13(5-2-6-15-9-13)12-16-11(17-18-12)10-3-7-14-8-4-10/h3-4,7-8,15H,2,5-6,9H2,1H3. The van der Waals surface area contributed by atoms with Gasteiger partial charge < -0.3 is 9.84 Å². The van der Waals surface area contributed by atoms with Gasteiger partial charge in [-0.1, -0.05) is 5.16 Å². The van der Waals surface area contributed by atoms with Gasteiger partial charge in [-0.25, -0.2) is 0 Å². The first-order valence-corrected chi connectivity index (χ1v) is 6.23. The minimum Gasteiger partial charge on any atom is -0.338 e. The molecule has 0 spiro atoms. The van der Waals surface area contributed by atoms with Crippen molar-refractivity contribution in [2.45, 2.75) is 25.2 Å². The molecular weight excluding hydrogens is 228 g/mol. The highest BCUT2D eigenvalue weighted by Crippen LogP contribution is 2.30. The van der Waals surface area contributed by atoms with Gasteiger partial charge in [-0.3, -0.25) is 4.98 Å². The first-order chi connectivity index (χ1) is 8.78. The van der Waals surface area contributed by atoms with Crippen LogP contribution in [-0.2, 0) is 5.41 Å². The number of piperidine rings is 1. The van der Waals surface area contributed by atoms with Crippen LogP contribution in [0.2, 0.25) is 0 Å². The van der Waals surface area contributed by atoms with E-state index in [1.54, 1.807) is 12.4 Å². The molecule has 0 radical (unpaired) electrons. The maximum absolute atomic E-state index is 5.44. The molecule has 1 fully saturated rings. The summed E-state index contributed by atoms with van der Waals surface area (Å²) in [5.41, 5.74) is 0.892. The Morgan fingerprint density at radius 3 is 2.89 bits per heavy atom. The fraction of sp³-hybridized carbons (Fsp3) is 0.462. The molecule has 94 valence electrons. The Hall–Kier alpha value is -1.75. The van der Waals surface area contributed by atoms with Gasteiger partial charge in [0.25, 0.3) is 0 Å². The fourth-order valence-electron chi connectivity index (χ4n) is 2.33. The molecule has 3 rings (SSSR count). The van der Waals surface area contributed by atoms with Crippen LogP contribution in [0.4, 0.5) is 0 Å². The summed E-state index contributed by atoms with van der Waals surface area (Å²) in [4.78, 5) is 8.52. The van der Waals surface area contributed by atoms with Gasteiger partial charge in [0, 0.05) is 24.5 Å². The van der Waals surface area contributed by atoms with E-state index in [4.69, 9.17) is 4.52 Å². The molecule has 2 aromatic heterocycles. The molecule has 5 heteroatoms. The van der Waals surface area contributed by atoms with E-state index in [2.05, 4.69) is 27.4 Å². The Morgan fingerprint density at radius 1 is 1.33 bits per heavy atom. The summed E-state index contributed by atoms with van der Waals surface area (Å²) in [5.74, 6) is 1.36. The van der Waals surface area contributed by atoms with E-state index >= 15 is 0 Å². The summed E-state index contributed by atoms with van der Waals surface area (Å²) in [6.07, 6.45) is 5.69. The van der Waals surface area contributed by atoms with E-state index in [-0.39, 0.29) is 5.41 Å². The normalized spacial score (nSPS) is 24.1. The van der Waals surface area contributed by atoms with Gasteiger partial charge in [0.2, 0.25) is 11.7 Å². The van der Waals surface area contributed by atoms with Gasteiger partial charge in [-0.05, 0) is 38.4 Å². The van der Waals surface area contributed by atoms with Crippen LogP contribution >= 0.6 is 0 Å². The molecule has 0 amide bonds.